The van der Waals surface area contributed by atoms with Crippen LogP contribution in [0.2, 0.25) is 0 Å². The average Bonchev–Trinajstić information content (AvgIpc) is 3.19. The third-order valence-electron chi connectivity index (χ3n) is 5.64. The Balaban J connectivity index is 1.93. The summed E-state index contributed by atoms with van der Waals surface area (Å²) in [6.07, 6.45) is 5.71. The molecule has 0 aliphatic heterocycles. The van der Waals surface area contributed by atoms with E-state index in [2.05, 4.69) is 43.5 Å². The number of nitrogens with two attached hydrogens (primary N) is 1. The van der Waals surface area contributed by atoms with Gasteiger partial charge in [-0.2, -0.15) is 0 Å². The summed E-state index contributed by atoms with van der Waals surface area (Å²) in [4.78, 5) is 20.9. The normalized spacial score (nSPS) is 13.6. The maximum atomic E-state index is 10.9. The summed E-state index contributed by atoms with van der Waals surface area (Å²) in [5.41, 5.74) is 11.7. The van der Waals surface area contributed by atoms with Gasteiger partial charge in [-0.25, -0.2) is 14.8 Å². The van der Waals surface area contributed by atoms with Crippen LogP contribution in [0.3, 0.4) is 0 Å². The molecule has 2 amide bonds. The van der Waals surface area contributed by atoms with Gasteiger partial charge in [0.25, 0.3) is 0 Å². The van der Waals surface area contributed by atoms with Crippen LogP contribution < -0.4 is 21.1 Å². The number of benzene rings is 1. The van der Waals surface area contributed by atoms with Gasteiger partial charge in [0.1, 0.15) is 11.6 Å². The Bertz CT molecular complexity index is 913. The summed E-state index contributed by atoms with van der Waals surface area (Å²) in [5, 5.41) is 6.09. The van der Waals surface area contributed by atoms with E-state index in [1.807, 2.05) is 0 Å². The van der Waals surface area contributed by atoms with E-state index in [1.54, 1.807) is 7.11 Å². The third-order valence-corrected chi connectivity index (χ3v) is 5.64. The number of amides is 2. The molecular weight excluding hydrogens is 378 g/mol. The number of carbonyl (C=O) groups excluding carboxylic acids is 1. The van der Waals surface area contributed by atoms with Crippen LogP contribution in [0, 0.1) is 0 Å². The monoisotopic (exact) mass is 411 g/mol. The molecule has 0 radical (unpaired) electrons. The van der Waals surface area contributed by atoms with Crippen molar-refractivity contribution in [3.63, 3.8) is 0 Å². The van der Waals surface area contributed by atoms with E-state index < -0.39 is 6.03 Å². The second kappa shape index (κ2) is 9.78. The van der Waals surface area contributed by atoms with Gasteiger partial charge in [-0.15, -0.1) is 0 Å². The van der Waals surface area contributed by atoms with Crippen molar-refractivity contribution in [3.05, 3.63) is 34.6 Å². The van der Waals surface area contributed by atoms with E-state index in [9.17, 15) is 4.79 Å². The molecular formula is C23H33N5O2. The van der Waals surface area contributed by atoms with Crippen LogP contribution in [0.1, 0.15) is 56.1 Å². The minimum Gasteiger partial charge on any atom is -0.496 e. The fourth-order valence-corrected chi connectivity index (χ4v) is 4.00. The molecule has 4 N–H and O–H groups in total. The maximum Gasteiger partial charge on any atom is 0.312 e. The topological polar surface area (TPSA) is 102 Å². The molecule has 1 heterocycles. The van der Waals surface area contributed by atoms with Crippen molar-refractivity contribution in [2.75, 3.05) is 19.0 Å². The molecule has 2 aromatic rings. The molecule has 1 aliphatic rings. The van der Waals surface area contributed by atoms with Crippen molar-refractivity contribution in [3.8, 4) is 17.0 Å². The molecule has 1 aliphatic carbocycles. The molecule has 0 saturated heterocycles. The highest BCUT2D eigenvalue weighted by Gasteiger charge is 2.21. The molecule has 1 unspecified atom stereocenters. The minimum atomic E-state index is -0.503. The molecule has 162 valence electrons. The van der Waals surface area contributed by atoms with Gasteiger partial charge in [0.2, 0.25) is 0 Å². The predicted molar refractivity (Wildman–Crippen MR) is 120 cm³/mol. The lowest BCUT2D eigenvalue weighted by atomic mass is 10.0. The number of aromatic nitrogens is 2. The summed E-state index contributed by atoms with van der Waals surface area (Å²) in [7, 11) is 1.72. The zero-order valence-corrected chi connectivity index (χ0v) is 18.5. The van der Waals surface area contributed by atoms with E-state index in [4.69, 9.17) is 20.4 Å². The van der Waals surface area contributed by atoms with Crippen LogP contribution >= 0.6 is 0 Å². The first-order chi connectivity index (χ1) is 14.5. The molecule has 7 heteroatoms. The third kappa shape index (κ3) is 4.83. The number of nitrogens with one attached hydrogen (secondary N) is 2. The second-order valence-corrected chi connectivity index (χ2v) is 7.82. The molecule has 1 aromatic carbocycles. The lowest BCUT2D eigenvalue weighted by Crippen LogP contribution is -2.32. The fraction of sp³-hybridized carbons (Fsp3) is 0.522. The number of primary amides is 1. The van der Waals surface area contributed by atoms with Gasteiger partial charge in [-0.05, 0) is 68.7 Å². The van der Waals surface area contributed by atoms with Gasteiger partial charge >= 0.3 is 6.03 Å². The number of hydrogen-bond donors (Lipinski definition) is 3. The Labute approximate surface area is 178 Å². The minimum absolute atomic E-state index is 0.126. The van der Waals surface area contributed by atoms with Crippen LogP contribution in [0.5, 0.6) is 5.75 Å². The number of carbonyl (C=O) groups is 1. The van der Waals surface area contributed by atoms with Crippen molar-refractivity contribution in [1.82, 2.24) is 15.3 Å². The Morgan fingerprint density at radius 3 is 2.50 bits per heavy atom. The van der Waals surface area contributed by atoms with Crippen molar-refractivity contribution >= 4 is 11.8 Å². The first kappa shape index (κ1) is 21.9. The van der Waals surface area contributed by atoms with E-state index in [0.717, 1.165) is 66.3 Å². The van der Waals surface area contributed by atoms with Gasteiger partial charge < -0.3 is 21.1 Å². The van der Waals surface area contributed by atoms with Crippen LogP contribution in [0.15, 0.2) is 12.1 Å². The lowest BCUT2D eigenvalue weighted by Gasteiger charge is -2.20. The molecule has 7 nitrogen and oxygen atoms in total. The number of nitrogens with zero attached hydrogens (tertiary/aromatic N) is 2. The average molecular weight is 412 g/mol. The van der Waals surface area contributed by atoms with Crippen LogP contribution in [0.4, 0.5) is 10.6 Å². The van der Waals surface area contributed by atoms with Crippen molar-refractivity contribution < 1.29 is 9.53 Å². The predicted octanol–water partition coefficient (Wildman–Crippen LogP) is 3.62. The molecule has 0 spiro atoms. The smallest absolute Gasteiger partial charge is 0.312 e. The van der Waals surface area contributed by atoms with Gasteiger partial charge in [0.05, 0.1) is 24.2 Å². The van der Waals surface area contributed by atoms with Crippen molar-refractivity contribution in [2.45, 2.75) is 65.3 Å². The lowest BCUT2D eigenvalue weighted by molar-refractivity contribution is 0.248. The van der Waals surface area contributed by atoms with Gasteiger partial charge in [-0.3, -0.25) is 0 Å². The molecule has 1 atom stereocenters. The number of hydrogen-bond acceptors (Lipinski definition) is 5. The number of urea groups is 1. The maximum absolute atomic E-state index is 10.9. The Morgan fingerprint density at radius 1 is 1.17 bits per heavy atom. The van der Waals surface area contributed by atoms with E-state index in [1.165, 1.54) is 17.5 Å². The number of methoxy groups -OCH3 is 1. The fourth-order valence-electron chi connectivity index (χ4n) is 4.00. The van der Waals surface area contributed by atoms with Crippen molar-refractivity contribution in [2.24, 2.45) is 5.73 Å². The SMILES string of the molecule is CCc1nc(-c2cc3c(cc2OC)CCC3)c(CC)nc1NC(C)CCNC(N)=O. The molecule has 0 bridgehead atoms. The number of rotatable bonds is 9. The summed E-state index contributed by atoms with van der Waals surface area (Å²) < 4.78 is 5.73. The van der Waals surface area contributed by atoms with Crippen LogP contribution in [-0.4, -0.2) is 35.7 Å². The van der Waals surface area contributed by atoms with E-state index in [0.29, 0.717) is 6.54 Å². The Hall–Kier alpha value is -2.83. The standard InChI is InChI=1S/C23H33N5O2/c1-5-18-21(17-12-15-8-7-9-16(15)13-20(17)30-4)27-19(6-2)22(28-18)26-14(3)10-11-25-23(24)29/h12-14H,5-11H2,1-4H3,(H,26,28)(H3,24,25,29). The van der Waals surface area contributed by atoms with Gasteiger partial charge in [0.15, 0.2) is 0 Å². The van der Waals surface area contributed by atoms with Gasteiger partial charge in [-0.1, -0.05) is 13.8 Å². The highest BCUT2D eigenvalue weighted by Crippen LogP contribution is 2.37. The largest absolute Gasteiger partial charge is 0.496 e. The van der Waals surface area contributed by atoms with Gasteiger partial charge in [0, 0.05) is 18.2 Å². The Morgan fingerprint density at radius 2 is 1.87 bits per heavy atom. The quantitative estimate of drug-likeness (QED) is 0.585. The molecule has 30 heavy (non-hydrogen) atoms. The first-order valence-corrected chi connectivity index (χ1v) is 10.9. The van der Waals surface area contributed by atoms with Crippen molar-refractivity contribution in [1.29, 1.82) is 0 Å². The zero-order valence-electron chi connectivity index (χ0n) is 18.5. The number of anilines is 1. The molecule has 0 saturated carbocycles. The van der Waals surface area contributed by atoms with Crippen LogP contribution in [0.25, 0.3) is 11.3 Å². The molecule has 3 rings (SSSR count). The molecule has 0 fully saturated rings. The Kier molecular flexibility index (Phi) is 7.13. The number of aryl methyl sites for hydroxylation is 4. The summed E-state index contributed by atoms with van der Waals surface area (Å²) in [6, 6.07) is 4.04. The second-order valence-electron chi connectivity index (χ2n) is 7.82. The van der Waals surface area contributed by atoms with E-state index in [-0.39, 0.29) is 6.04 Å². The highest BCUT2D eigenvalue weighted by molar-refractivity contribution is 5.73. The number of ether oxygens (including phenoxy) is 1. The summed E-state index contributed by atoms with van der Waals surface area (Å²) in [6.45, 7) is 6.77. The summed E-state index contributed by atoms with van der Waals surface area (Å²) in [5.74, 6) is 1.68. The summed E-state index contributed by atoms with van der Waals surface area (Å²) >= 11 is 0. The highest BCUT2D eigenvalue weighted by atomic mass is 16.5. The first-order valence-electron chi connectivity index (χ1n) is 10.9. The molecule has 1 aromatic heterocycles. The zero-order chi connectivity index (χ0) is 21.7. The van der Waals surface area contributed by atoms with Crippen LogP contribution in [-0.2, 0) is 25.7 Å². The van der Waals surface area contributed by atoms with E-state index >= 15 is 0 Å². The number of fused-ring (bicyclic) bond motifs is 1.